The Morgan fingerprint density at radius 1 is 1.30 bits per heavy atom. The van der Waals surface area contributed by atoms with Gasteiger partial charge in [0, 0.05) is 19.3 Å². The maximum Gasteiger partial charge on any atom is 0.0521 e. The molecule has 1 unspecified atom stereocenters. The first-order valence-electron chi connectivity index (χ1n) is 7.38. The van der Waals surface area contributed by atoms with Gasteiger partial charge in [0.1, 0.15) is 0 Å². The Morgan fingerprint density at radius 2 is 2.10 bits per heavy atom. The Kier molecular flexibility index (Phi) is 4.96. The average molecular weight is 271 g/mol. The van der Waals surface area contributed by atoms with E-state index in [4.69, 9.17) is 0 Å². The fourth-order valence-electron chi connectivity index (χ4n) is 2.68. The van der Waals surface area contributed by atoms with Crippen LogP contribution in [0.5, 0.6) is 0 Å². The van der Waals surface area contributed by atoms with Crippen LogP contribution >= 0.6 is 0 Å². The zero-order valence-corrected chi connectivity index (χ0v) is 13.0. The van der Waals surface area contributed by atoms with Gasteiger partial charge in [0.2, 0.25) is 0 Å². The standard InChI is InChI=1S/C17H25N3/c1-5-18-17(10-9-15-11-19-20(4)12-15)16-8-6-7-13(2)14(16)3/h6-8,11-12,17-18H,5,9-10H2,1-4H3. The molecule has 108 valence electrons. The summed E-state index contributed by atoms with van der Waals surface area (Å²) in [6.45, 7) is 7.56. The van der Waals surface area contributed by atoms with E-state index in [1.54, 1.807) is 0 Å². The van der Waals surface area contributed by atoms with Crippen LogP contribution < -0.4 is 5.32 Å². The lowest BCUT2D eigenvalue weighted by Crippen LogP contribution is -2.22. The van der Waals surface area contributed by atoms with Crippen LogP contribution in [-0.4, -0.2) is 16.3 Å². The highest BCUT2D eigenvalue weighted by Crippen LogP contribution is 2.24. The zero-order chi connectivity index (χ0) is 14.5. The van der Waals surface area contributed by atoms with Crippen LogP contribution in [0.1, 0.15) is 41.6 Å². The molecule has 2 aromatic rings. The first-order valence-corrected chi connectivity index (χ1v) is 7.38. The highest BCUT2D eigenvalue weighted by atomic mass is 15.2. The smallest absolute Gasteiger partial charge is 0.0521 e. The molecule has 0 aliphatic heterocycles. The van der Waals surface area contributed by atoms with Crippen LogP contribution in [0.4, 0.5) is 0 Å². The molecule has 1 N–H and O–H groups in total. The molecule has 1 atom stereocenters. The van der Waals surface area contributed by atoms with Gasteiger partial charge in [-0.15, -0.1) is 0 Å². The van der Waals surface area contributed by atoms with Crippen molar-refractivity contribution < 1.29 is 0 Å². The SMILES string of the molecule is CCNC(CCc1cnn(C)c1)c1cccc(C)c1C. The third-order valence-electron chi connectivity index (χ3n) is 3.95. The van der Waals surface area contributed by atoms with Crippen molar-refractivity contribution in [2.75, 3.05) is 6.54 Å². The van der Waals surface area contributed by atoms with Gasteiger partial charge >= 0.3 is 0 Å². The topological polar surface area (TPSA) is 29.9 Å². The van der Waals surface area contributed by atoms with Crippen molar-refractivity contribution in [2.24, 2.45) is 7.05 Å². The van der Waals surface area contributed by atoms with Gasteiger partial charge < -0.3 is 5.32 Å². The van der Waals surface area contributed by atoms with Crippen LogP contribution in [0.2, 0.25) is 0 Å². The lowest BCUT2D eigenvalue weighted by molar-refractivity contribution is 0.513. The summed E-state index contributed by atoms with van der Waals surface area (Å²) in [6.07, 6.45) is 6.22. The molecular weight excluding hydrogens is 246 g/mol. The van der Waals surface area contributed by atoms with E-state index in [2.05, 4.69) is 55.6 Å². The molecule has 0 bridgehead atoms. The van der Waals surface area contributed by atoms with Gasteiger partial charge in [-0.25, -0.2) is 0 Å². The number of hydrogen-bond acceptors (Lipinski definition) is 2. The van der Waals surface area contributed by atoms with Crippen LogP contribution in [0.15, 0.2) is 30.6 Å². The van der Waals surface area contributed by atoms with E-state index in [1.807, 2.05) is 17.9 Å². The Balaban J connectivity index is 2.12. The largest absolute Gasteiger partial charge is 0.310 e. The average Bonchev–Trinajstić information content (AvgIpc) is 2.84. The monoisotopic (exact) mass is 271 g/mol. The van der Waals surface area contributed by atoms with E-state index in [0.29, 0.717) is 6.04 Å². The maximum absolute atomic E-state index is 4.24. The highest BCUT2D eigenvalue weighted by Gasteiger charge is 2.14. The van der Waals surface area contributed by atoms with Crippen LogP contribution in [0.3, 0.4) is 0 Å². The highest BCUT2D eigenvalue weighted by molar-refractivity contribution is 5.35. The summed E-state index contributed by atoms with van der Waals surface area (Å²) in [4.78, 5) is 0. The minimum Gasteiger partial charge on any atom is -0.310 e. The number of nitrogens with one attached hydrogen (secondary N) is 1. The quantitative estimate of drug-likeness (QED) is 0.873. The zero-order valence-electron chi connectivity index (χ0n) is 13.0. The molecule has 0 aliphatic carbocycles. The number of benzene rings is 1. The Bertz CT molecular complexity index is 557. The van der Waals surface area contributed by atoms with E-state index in [1.165, 1.54) is 22.3 Å². The molecule has 0 amide bonds. The number of nitrogens with zero attached hydrogens (tertiary/aromatic N) is 2. The summed E-state index contributed by atoms with van der Waals surface area (Å²) in [6, 6.07) is 7.01. The molecular formula is C17H25N3. The second-order valence-electron chi connectivity index (χ2n) is 5.46. The fourth-order valence-corrected chi connectivity index (χ4v) is 2.68. The molecule has 0 aliphatic rings. The first-order chi connectivity index (χ1) is 9.61. The second-order valence-corrected chi connectivity index (χ2v) is 5.46. The number of aryl methyl sites for hydroxylation is 3. The van der Waals surface area contributed by atoms with E-state index < -0.39 is 0 Å². The molecule has 2 rings (SSSR count). The lowest BCUT2D eigenvalue weighted by atomic mass is 9.94. The normalized spacial score (nSPS) is 12.6. The number of aromatic nitrogens is 2. The minimum atomic E-state index is 0.417. The summed E-state index contributed by atoms with van der Waals surface area (Å²) >= 11 is 0. The molecule has 0 radical (unpaired) electrons. The van der Waals surface area contributed by atoms with Gasteiger partial charge in [-0.3, -0.25) is 4.68 Å². The predicted octanol–water partition coefficient (Wildman–Crippen LogP) is 3.32. The van der Waals surface area contributed by atoms with Gasteiger partial charge in [0.15, 0.2) is 0 Å². The van der Waals surface area contributed by atoms with Crippen molar-refractivity contribution in [3.63, 3.8) is 0 Å². The van der Waals surface area contributed by atoms with Gasteiger partial charge in [-0.2, -0.15) is 5.10 Å². The molecule has 3 heteroatoms. The lowest BCUT2D eigenvalue weighted by Gasteiger charge is -2.21. The van der Waals surface area contributed by atoms with Crippen LogP contribution in [-0.2, 0) is 13.5 Å². The first kappa shape index (κ1) is 14.8. The third kappa shape index (κ3) is 3.48. The molecule has 0 saturated heterocycles. The summed E-state index contributed by atoms with van der Waals surface area (Å²) in [5, 5.41) is 7.86. The van der Waals surface area contributed by atoms with E-state index in [-0.39, 0.29) is 0 Å². The van der Waals surface area contributed by atoms with Crippen LogP contribution in [0, 0.1) is 13.8 Å². The summed E-state index contributed by atoms with van der Waals surface area (Å²) < 4.78 is 1.87. The van der Waals surface area contributed by atoms with Crippen molar-refractivity contribution in [3.8, 4) is 0 Å². The third-order valence-corrected chi connectivity index (χ3v) is 3.95. The van der Waals surface area contributed by atoms with Gasteiger partial charge in [-0.05, 0) is 55.5 Å². The van der Waals surface area contributed by atoms with Crippen molar-refractivity contribution in [3.05, 3.63) is 52.8 Å². The Morgan fingerprint density at radius 3 is 2.75 bits per heavy atom. The fraction of sp³-hybridized carbons (Fsp3) is 0.471. The summed E-state index contributed by atoms with van der Waals surface area (Å²) in [5.41, 5.74) is 5.51. The van der Waals surface area contributed by atoms with Crippen molar-refractivity contribution in [1.82, 2.24) is 15.1 Å². The van der Waals surface area contributed by atoms with Gasteiger partial charge in [0.25, 0.3) is 0 Å². The molecule has 0 spiro atoms. The predicted molar refractivity (Wildman–Crippen MR) is 83.9 cm³/mol. The van der Waals surface area contributed by atoms with E-state index in [0.717, 1.165) is 19.4 Å². The second kappa shape index (κ2) is 6.71. The van der Waals surface area contributed by atoms with Crippen molar-refractivity contribution in [2.45, 2.75) is 39.7 Å². The van der Waals surface area contributed by atoms with Crippen molar-refractivity contribution in [1.29, 1.82) is 0 Å². The van der Waals surface area contributed by atoms with Crippen LogP contribution in [0.25, 0.3) is 0 Å². The number of rotatable bonds is 6. The molecule has 1 aromatic carbocycles. The minimum absolute atomic E-state index is 0.417. The molecule has 0 saturated carbocycles. The van der Waals surface area contributed by atoms with Gasteiger partial charge in [-0.1, -0.05) is 25.1 Å². The molecule has 3 nitrogen and oxygen atoms in total. The van der Waals surface area contributed by atoms with E-state index in [9.17, 15) is 0 Å². The van der Waals surface area contributed by atoms with Gasteiger partial charge in [0.05, 0.1) is 6.20 Å². The molecule has 1 aromatic heterocycles. The number of hydrogen-bond donors (Lipinski definition) is 1. The molecule has 20 heavy (non-hydrogen) atoms. The van der Waals surface area contributed by atoms with E-state index >= 15 is 0 Å². The Hall–Kier alpha value is -1.61. The molecule has 1 heterocycles. The summed E-state index contributed by atoms with van der Waals surface area (Å²) in [5.74, 6) is 0. The maximum atomic E-state index is 4.24. The van der Waals surface area contributed by atoms with Crippen molar-refractivity contribution >= 4 is 0 Å². The molecule has 0 fully saturated rings. The summed E-state index contributed by atoms with van der Waals surface area (Å²) in [7, 11) is 1.97. The Labute approximate surface area is 122 Å².